The molecule has 230 valence electrons. The highest BCUT2D eigenvalue weighted by atomic mass is 16.2. The summed E-state index contributed by atoms with van der Waals surface area (Å²) in [5.74, 6) is 0.0831. The molecule has 0 aromatic heterocycles. The summed E-state index contributed by atoms with van der Waals surface area (Å²) >= 11 is 0. The molecule has 2 aliphatic heterocycles. The van der Waals surface area contributed by atoms with E-state index in [2.05, 4.69) is 113 Å². The number of carbonyl (C=O) groups excluding carboxylic acids is 1. The number of amides is 1. The summed E-state index contributed by atoms with van der Waals surface area (Å²) in [4.78, 5) is 30.5. The number of rotatable bonds is 14. The lowest BCUT2D eigenvalue weighted by Crippen LogP contribution is -2.51. The minimum Gasteiger partial charge on any atom is -0.375 e. The Morgan fingerprint density at radius 1 is 1.02 bits per heavy atom. The van der Waals surface area contributed by atoms with Gasteiger partial charge in [-0.25, -0.2) is 5.43 Å². The molecule has 1 amide bonds. The van der Waals surface area contributed by atoms with Crippen LogP contribution in [0, 0.1) is 0 Å². The van der Waals surface area contributed by atoms with Crippen LogP contribution in [0.5, 0.6) is 0 Å². The second kappa shape index (κ2) is 16.0. The summed E-state index contributed by atoms with van der Waals surface area (Å²) < 4.78 is 0. The van der Waals surface area contributed by atoms with Crippen molar-refractivity contribution >= 4 is 30.2 Å². The molecule has 1 saturated heterocycles. The summed E-state index contributed by atoms with van der Waals surface area (Å²) in [6.45, 7) is 17.0. The Kier molecular flexibility index (Phi) is 11.9. The molecule has 2 aliphatic rings. The quantitative estimate of drug-likeness (QED) is 0.259. The van der Waals surface area contributed by atoms with E-state index in [4.69, 9.17) is 0 Å². The van der Waals surface area contributed by atoms with Crippen LogP contribution in [0.2, 0.25) is 0 Å². The van der Waals surface area contributed by atoms with Crippen molar-refractivity contribution in [3.63, 3.8) is 0 Å². The molecular weight excluding hydrogens is 536 g/mol. The van der Waals surface area contributed by atoms with Crippen LogP contribution in [-0.4, -0.2) is 92.9 Å². The van der Waals surface area contributed by atoms with Gasteiger partial charge < -0.3 is 20.1 Å². The number of hydrogen-bond acceptors (Lipinski definition) is 8. The molecule has 0 unspecified atom stereocenters. The minimum atomic E-state index is 0.0831. The fourth-order valence-electron chi connectivity index (χ4n) is 5.59. The van der Waals surface area contributed by atoms with E-state index in [9.17, 15) is 4.79 Å². The van der Waals surface area contributed by atoms with Gasteiger partial charge in [0.1, 0.15) is 0 Å². The van der Waals surface area contributed by atoms with Crippen molar-refractivity contribution < 1.29 is 4.79 Å². The lowest BCUT2D eigenvalue weighted by molar-refractivity contribution is -0.132. The van der Waals surface area contributed by atoms with Crippen LogP contribution in [0.25, 0.3) is 5.70 Å². The second-order valence-electron chi connectivity index (χ2n) is 11.0. The lowest BCUT2D eigenvalue weighted by atomic mass is 9.97. The maximum Gasteiger partial charge on any atom is 0.238 e. The predicted molar refractivity (Wildman–Crippen MR) is 179 cm³/mol. The lowest BCUT2D eigenvalue weighted by Gasteiger charge is -2.35. The summed E-state index contributed by atoms with van der Waals surface area (Å²) in [6, 6.07) is 15.0. The van der Waals surface area contributed by atoms with Gasteiger partial charge in [-0.2, -0.15) is 0 Å². The van der Waals surface area contributed by atoms with Crippen LogP contribution >= 0.6 is 0 Å². The van der Waals surface area contributed by atoms with E-state index in [-0.39, 0.29) is 12.5 Å². The van der Waals surface area contributed by atoms with Crippen molar-refractivity contribution in [2.45, 2.75) is 40.2 Å². The Morgan fingerprint density at radius 2 is 1.72 bits per heavy atom. The highest BCUT2D eigenvalue weighted by Crippen LogP contribution is 2.23. The monoisotopic (exact) mass is 584 g/mol. The topological polar surface area (TPSA) is 78.8 Å². The summed E-state index contributed by atoms with van der Waals surface area (Å²) in [6.07, 6.45) is 7.69. The molecule has 2 N–H and O–H groups in total. The molecule has 2 aromatic rings. The van der Waals surface area contributed by atoms with Gasteiger partial charge in [0.15, 0.2) is 0 Å². The maximum atomic E-state index is 13.2. The number of hydrazine groups is 1. The minimum absolute atomic E-state index is 0.0831. The van der Waals surface area contributed by atoms with Crippen molar-refractivity contribution in [1.29, 1.82) is 0 Å². The van der Waals surface area contributed by atoms with E-state index < -0.39 is 0 Å². The first-order valence-corrected chi connectivity index (χ1v) is 15.5. The Hall–Kier alpha value is -3.95. The third kappa shape index (κ3) is 8.55. The third-order valence-corrected chi connectivity index (χ3v) is 8.36. The van der Waals surface area contributed by atoms with Crippen molar-refractivity contribution in [1.82, 2.24) is 25.6 Å². The summed E-state index contributed by atoms with van der Waals surface area (Å²) in [5.41, 5.74) is 14.5. The smallest absolute Gasteiger partial charge is 0.238 e. The van der Waals surface area contributed by atoms with Crippen LogP contribution in [0.15, 0.2) is 70.5 Å². The van der Waals surface area contributed by atoms with E-state index in [1.807, 2.05) is 17.3 Å². The molecule has 0 bridgehead atoms. The number of piperazine rings is 1. The van der Waals surface area contributed by atoms with Crippen LogP contribution in [0.3, 0.4) is 0 Å². The number of hydrogen-bond donors (Lipinski definition) is 2. The van der Waals surface area contributed by atoms with Gasteiger partial charge in [-0.3, -0.25) is 19.7 Å². The first kappa shape index (κ1) is 32.0. The van der Waals surface area contributed by atoms with Gasteiger partial charge in [-0.15, -0.1) is 0 Å². The predicted octanol–water partition coefficient (Wildman–Crippen LogP) is 3.93. The summed E-state index contributed by atoms with van der Waals surface area (Å²) in [5, 5.41) is 0. The molecule has 9 heteroatoms. The van der Waals surface area contributed by atoms with Crippen molar-refractivity contribution in [3.8, 4) is 0 Å². The highest BCUT2D eigenvalue weighted by molar-refractivity contribution is 5.78. The fraction of sp³-hybridized carbons (Fsp3) is 0.441. The number of anilines is 1. The van der Waals surface area contributed by atoms with Crippen molar-refractivity contribution in [2.75, 3.05) is 64.3 Å². The molecular formula is C34H48N8O. The molecule has 9 nitrogen and oxygen atoms in total. The molecule has 0 saturated carbocycles. The average molecular weight is 585 g/mol. The van der Waals surface area contributed by atoms with Gasteiger partial charge in [0.05, 0.1) is 31.0 Å². The number of benzene rings is 2. The molecule has 0 spiro atoms. The van der Waals surface area contributed by atoms with Gasteiger partial charge in [-0.05, 0) is 55.3 Å². The van der Waals surface area contributed by atoms with E-state index in [0.29, 0.717) is 13.1 Å². The maximum absolute atomic E-state index is 13.2. The van der Waals surface area contributed by atoms with Gasteiger partial charge in [0, 0.05) is 76.2 Å². The molecule has 43 heavy (non-hydrogen) atoms. The zero-order valence-electron chi connectivity index (χ0n) is 26.4. The summed E-state index contributed by atoms with van der Waals surface area (Å²) in [7, 11) is 2.07. The van der Waals surface area contributed by atoms with E-state index >= 15 is 0 Å². The zero-order valence-corrected chi connectivity index (χ0v) is 26.4. The Morgan fingerprint density at radius 3 is 2.30 bits per heavy atom. The van der Waals surface area contributed by atoms with Crippen molar-refractivity contribution in [3.05, 3.63) is 82.8 Å². The fourth-order valence-corrected chi connectivity index (χ4v) is 5.59. The molecule has 2 aromatic carbocycles. The number of aliphatic imine (C=N–C) groups is 2. The largest absolute Gasteiger partial charge is 0.375 e. The van der Waals surface area contributed by atoms with Gasteiger partial charge >= 0.3 is 0 Å². The van der Waals surface area contributed by atoms with Gasteiger partial charge in [0.25, 0.3) is 0 Å². The molecule has 0 radical (unpaired) electrons. The zero-order chi connectivity index (χ0) is 30.6. The second-order valence-corrected chi connectivity index (χ2v) is 11.0. The van der Waals surface area contributed by atoms with Crippen LogP contribution in [0.4, 0.5) is 5.69 Å². The van der Waals surface area contributed by atoms with Crippen molar-refractivity contribution in [2.24, 2.45) is 9.98 Å². The Balaban J connectivity index is 1.37. The Bertz CT molecular complexity index is 1290. The van der Waals surface area contributed by atoms with Gasteiger partial charge in [-0.1, -0.05) is 44.2 Å². The Labute approximate surface area is 257 Å². The normalized spacial score (nSPS) is 15.8. The number of nitrogens with one attached hydrogen (secondary N) is 2. The molecule has 4 rings (SSSR count). The number of nitrogens with zero attached hydrogens (tertiary/aromatic N) is 6. The SMILES string of the molecule is C=N/C(=C(\CN1C=CN=CC1)NNCC(=O)N1CCN(Cc2c(CC)cccc2CC)CC1)c1ccc(N(C)CC)cc1. The first-order valence-electron chi connectivity index (χ1n) is 15.5. The van der Waals surface area contributed by atoms with E-state index in [0.717, 1.165) is 74.8 Å². The van der Waals surface area contributed by atoms with Crippen LogP contribution in [-0.2, 0) is 24.2 Å². The number of aryl methyl sites for hydroxylation is 2. The molecule has 0 aliphatic carbocycles. The van der Waals surface area contributed by atoms with Gasteiger partial charge in [0.2, 0.25) is 5.91 Å². The van der Waals surface area contributed by atoms with E-state index in [1.54, 1.807) is 6.20 Å². The van der Waals surface area contributed by atoms with Crippen LogP contribution < -0.4 is 15.8 Å². The molecule has 0 atom stereocenters. The van der Waals surface area contributed by atoms with Crippen LogP contribution in [0.1, 0.15) is 43.0 Å². The molecule has 1 fully saturated rings. The molecule has 2 heterocycles. The third-order valence-electron chi connectivity index (χ3n) is 8.36. The van der Waals surface area contributed by atoms with E-state index in [1.165, 1.54) is 16.7 Å². The first-order chi connectivity index (χ1) is 21.0. The average Bonchev–Trinajstić information content (AvgIpc) is 3.05. The number of carbonyl (C=O) groups is 1. The standard InChI is InChI=1S/C34H48N8O/c1-6-27-10-9-11-28(7-2)31(27)25-41-20-22-42(23-21-41)33(43)24-37-38-32(26-40-18-16-36-17-19-40)34(35-4)29-12-14-30(15-13-29)39(5)8-3/h9-18,37-38H,4,6-8,19-26H2,1-3,5H3/b34-32+. The highest BCUT2D eigenvalue weighted by Gasteiger charge is 2.22.